The molecule has 0 spiro atoms. The van der Waals surface area contributed by atoms with Crippen LogP contribution >= 0.6 is 24.0 Å². The number of halogens is 2. The van der Waals surface area contributed by atoms with Crippen LogP contribution in [0.4, 0.5) is 4.39 Å². The van der Waals surface area contributed by atoms with Crippen molar-refractivity contribution in [3.05, 3.63) is 53.2 Å². The minimum Gasteiger partial charge on any atom is -0.364 e. The van der Waals surface area contributed by atoms with Crippen LogP contribution < -0.4 is 10.6 Å². The molecule has 3 rings (SSSR count). The molecule has 0 atom stereocenters. The number of piperazine rings is 1. The zero-order chi connectivity index (χ0) is 21.3. The second kappa shape index (κ2) is 12.6. The lowest BCUT2D eigenvalue weighted by molar-refractivity contribution is 0.0954. The molecule has 2 aromatic rings. The van der Waals surface area contributed by atoms with Gasteiger partial charge < -0.3 is 20.1 Å². The van der Waals surface area contributed by atoms with Crippen molar-refractivity contribution in [2.75, 3.05) is 45.8 Å². The van der Waals surface area contributed by atoms with Gasteiger partial charge in [0, 0.05) is 57.4 Å². The number of carbonyl (C=O) groups is 1. The quantitative estimate of drug-likeness (QED) is 0.241. The average molecular weight is 544 g/mol. The summed E-state index contributed by atoms with van der Waals surface area (Å²) in [6.07, 6.45) is 1.59. The number of hydrogen-bond acceptors (Lipinski definition) is 5. The van der Waals surface area contributed by atoms with Gasteiger partial charge in [-0.15, -0.1) is 24.0 Å². The first-order chi connectivity index (χ1) is 14.6. The summed E-state index contributed by atoms with van der Waals surface area (Å²) in [4.78, 5) is 21.4. The SMILES string of the molecule is CCNC(=NCCNC(=O)c1ccc(C)c(F)c1)N1CCN(Cc2ccon2)CC1.I. The number of carbonyl (C=O) groups excluding carboxylic acids is 1. The fraction of sp³-hybridized carbons (Fsp3) is 0.476. The van der Waals surface area contributed by atoms with Gasteiger partial charge in [0.2, 0.25) is 0 Å². The molecule has 1 fully saturated rings. The molecule has 10 heteroatoms. The van der Waals surface area contributed by atoms with Crippen LogP contribution in [0.5, 0.6) is 0 Å². The van der Waals surface area contributed by atoms with E-state index in [2.05, 4.69) is 30.6 Å². The van der Waals surface area contributed by atoms with Crippen molar-refractivity contribution in [3.63, 3.8) is 0 Å². The molecule has 1 aromatic carbocycles. The molecule has 0 saturated carbocycles. The smallest absolute Gasteiger partial charge is 0.251 e. The van der Waals surface area contributed by atoms with Crippen LogP contribution in [0.15, 0.2) is 40.0 Å². The molecule has 2 heterocycles. The summed E-state index contributed by atoms with van der Waals surface area (Å²) in [6, 6.07) is 6.38. The maximum absolute atomic E-state index is 13.6. The fourth-order valence-corrected chi connectivity index (χ4v) is 3.26. The second-order valence-electron chi connectivity index (χ2n) is 7.21. The molecule has 1 saturated heterocycles. The van der Waals surface area contributed by atoms with Gasteiger partial charge in [-0.05, 0) is 31.5 Å². The van der Waals surface area contributed by atoms with Gasteiger partial charge in [-0.2, -0.15) is 0 Å². The zero-order valence-corrected chi connectivity index (χ0v) is 20.3. The van der Waals surface area contributed by atoms with E-state index >= 15 is 0 Å². The van der Waals surface area contributed by atoms with Gasteiger partial charge in [-0.25, -0.2) is 4.39 Å². The van der Waals surface area contributed by atoms with Crippen LogP contribution in [-0.2, 0) is 6.54 Å². The lowest BCUT2D eigenvalue weighted by Crippen LogP contribution is -2.52. The number of benzene rings is 1. The van der Waals surface area contributed by atoms with Crippen molar-refractivity contribution >= 4 is 35.8 Å². The Morgan fingerprint density at radius 3 is 2.65 bits per heavy atom. The molecule has 1 aromatic heterocycles. The molecule has 31 heavy (non-hydrogen) atoms. The van der Waals surface area contributed by atoms with Crippen molar-refractivity contribution in [1.29, 1.82) is 0 Å². The van der Waals surface area contributed by atoms with Gasteiger partial charge in [-0.3, -0.25) is 14.7 Å². The van der Waals surface area contributed by atoms with E-state index in [-0.39, 0.29) is 35.7 Å². The minimum atomic E-state index is -0.377. The largest absolute Gasteiger partial charge is 0.364 e. The highest BCUT2D eigenvalue weighted by Crippen LogP contribution is 2.09. The number of rotatable bonds is 7. The Bertz CT molecular complexity index is 854. The number of aryl methyl sites for hydroxylation is 1. The molecule has 0 aliphatic carbocycles. The molecule has 1 amide bonds. The van der Waals surface area contributed by atoms with Crippen molar-refractivity contribution in [2.45, 2.75) is 20.4 Å². The van der Waals surface area contributed by atoms with E-state index in [0.717, 1.165) is 50.9 Å². The third-order valence-electron chi connectivity index (χ3n) is 4.98. The number of nitrogens with one attached hydrogen (secondary N) is 2. The van der Waals surface area contributed by atoms with Crippen LogP contribution in [-0.4, -0.2) is 72.6 Å². The predicted octanol–water partition coefficient (Wildman–Crippen LogP) is 2.25. The van der Waals surface area contributed by atoms with Crippen LogP contribution in [0, 0.1) is 12.7 Å². The summed E-state index contributed by atoms with van der Waals surface area (Å²) >= 11 is 0. The summed E-state index contributed by atoms with van der Waals surface area (Å²) in [5.41, 5.74) is 1.78. The number of guanidine groups is 1. The molecule has 0 unspecified atom stereocenters. The Balaban J connectivity index is 0.00000341. The van der Waals surface area contributed by atoms with Gasteiger partial charge in [0.15, 0.2) is 5.96 Å². The summed E-state index contributed by atoms with van der Waals surface area (Å²) in [5, 5.41) is 10.1. The van der Waals surface area contributed by atoms with Crippen LogP contribution in [0.25, 0.3) is 0 Å². The van der Waals surface area contributed by atoms with Crippen molar-refractivity contribution in [2.24, 2.45) is 4.99 Å². The maximum atomic E-state index is 13.6. The number of aromatic nitrogens is 1. The van der Waals surface area contributed by atoms with E-state index in [9.17, 15) is 9.18 Å². The average Bonchev–Trinajstić information content (AvgIpc) is 3.26. The highest BCUT2D eigenvalue weighted by atomic mass is 127. The number of amides is 1. The molecule has 1 aliphatic rings. The molecule has 1 aliphatic heterocycles. The van der Waals surface area contributed by atoms with Crippen LogP contribution in [0.2, 0.25) is 0 Å². The molecule has 0 radical (unpaired) electrons. The standard InChI is InChI=1S/C21H29FN6O2.HI/c1-3-23-21(28-11-9-27(10-12-28)15-18-6-13-30-26-18)25-8-7-24-20(29)17-5-4-16(2)19(22)14-17;/h4-6,13-14H,3,7-12,15H2,1-2H3,(H,23,25)(H,24,29);1H. The summed E-state index contributed by atoms with van der Waals surface area (Å²) in [6.45, 7) is 9.62. The Morgan fingerprint density at radius 1 is 1.23 bits per heavy atom. The third kappa shape index (κ3) is 7.46. The highest BCUT2D eigenvalue weighted by molar-refractivity contribution is 14.0. The van der Waals surface area contributed by atoms with Crippen LogP contribution in [0.3, 0.4) is 0 Å². The van der Waals surface area contributed by atoms with Crippen molar-refractivity contribution in [1.82, 2.24) is 25.6 Å². The van der Waals surface area contributed by atoms with E-state index in [4.69, 9.17) is 4.52 Å². The van der Waals surface area contributed by atoms with E-state index < -0.39 is 0 Å². The summed E-state index contributed by atoms with van der Waals surface area (Å²) < 4.78 is 18.5. The van der Waals surface area contributed by atoms with Crippen molar-refractivity contribution < 1.29 is 13.7 Å². The Labute approximate surface area is 199 Å². The first-order valence-electron chi connectivity index (χ1n) is 10.3. The molecule has 0 bridgehead atoms. The predicted molar refractivity (Wildman–Crippen MR) is 128 cm³/mol. The van der Waals surface area contributed by atoms with E-state index in [1.807, 2.05) is 13.0 Å². The minimum absolute atomic E-state index is 0. The lowest BCUT2D eigenvalue weighted by atomic mass is 10.1. The number of hydrogen-bond donors (Lipinski definition) is 2. The third-order valence-corrected chi connectivity index (χ3v) is 4.98. The molecule has 8 nitrogen and oxygen atoms in total. The van der Waals surface area contributed by atoms with Gasteiger partial charge in [0.05, 0.1) is 12.2 Å². The highest BCUT2D eigenvalue weighted by Gasteiger charge is 2.20. The summed E-state index contributed by atoms with van der Waals surface area (Å²) in [7, 11) is 0. The monoisotopic (exact) mass is 544 g/mol. The Kier molecular flexibility index (Phi) is 10.2. The lowest BCUT2D eigenvalue weighted by Gasteiger charge is -2.36. The first kappa shape index (κ1) is 25.1. The second-order valence-corrected chi connectivity index (χ2v) is 7.21. The number of aliphatic imine (C=N–C) groups is 1. The Morgan fingerprint density at radius 2 is 2.00 bits per heavy atom. The molecule has 2 N–H and O–H groups in total. The molecular weight excluding hydrogens is 514 g/mol. The Hall–Kier alpha value is -2.21. The first-order valence-corrected chi connectivity index (χ1v) is 10.3. The van der Waals surface area contributed by atoms with Gasteiger partial charge in [0.25, 0.3) is 5.91 Å². The fourth-order valence-electron chi connectivity index (χ4n) is 3.26. The zero-order valence-electron chi connectivity index (χ0n) is 17.9. The topological polar surface area (TPSA) is 86.0 Å². The maximum Gasteiger partial charge on any atom is 0.251 e. The van der Waals surface area contributed by atoms with E-state index in [0.29, 0.717) is 24.2 Å². The molecular formula is C21H30FIN6O2. The van der Waals surface area contributed by atoms with Gasteiger partial charge >= 0.3 is 0 Å². The van der Waals surface area contributed by atoms with Gasteiger partial charge in [0.1, 0.15) is 12.1 Å². The molecule has 170 valence electrons. The number of nitrogens with zero attached hydrogens (tertiary/aromatic N) is 4. The van der Waals surface area contributed by atoms with Crippen LogP contribution in [0.1, 0.15) is 28.5 Å². The summed E-state index contributed by atoms with van der Waals surface area (Å²) in [5.74, 6) is 0.169. The normalized spacial score (nSPS) is 14.8. The van der Waals surface area contributed by atoms with Gasteiger partial charge in [-0.1, -0.05) is 11.2 Å². The van der Waals surface area contributed by atoms with Crippen molar-refractivity contribution in [3.8, 4) is 0 Å². The van der Waals surface area contributed by atoms with E-state index in [1.165, 1.54) is 6.07 Å². The van der Waals surface area contributed by atoms with E-state index in [1.54, 1.807) is 25.3 Å².